The fraction of sp³-hybridized carbons (Fsp3) is 0.267. The van der Waals surface area contributed by atoms with E-state index in [9.17, 15) is 0 Å². The molecule has 0 atom stereocenters. The molecule has 3 heterocycles. The number of anilines is 1. The number of aromatic nitrogens is 6. The van der Waals surface area contributed by atoms with Gasteiger partial charge in [-0.05, 0) is 18.4 Å². The molecule has 3 N–H and O–H groups in total. The average molecular weight is 293 g/mol. The number of rotatable bonds is 3. The van der Waals surface area contributed by atoms with Crippen LogP contribution in [0.2, 0.25) is 0 Å². The second kappa shape index (κ2) is 6.18. The molecule has 110 valence electrons. The zero-order valence-electron chi connectivity index (χ0n) is 12.2. The molecule has 0 aliphatic heterocycles. The summed E-state index contributed by atoms with van der Waals surface area (Å²) >= 11 is 0. The van der Waals surface area contributed by atoms with Crippen molar-refractivity contribution in [2.45, 2.75) is 26.2 Å². The van der Waals surface area contributed by atoms with E-state index < -0.39 is 0 Å². The molecule has 0 fully saturated rings. The van der Waals surface area contributed by atoms with Gasteiger partial charge in [0.25, 0.3) is 0 Å². The summed E-state index contributed by atoms with van der Waals surface area (Å²) in [6, 6.07) is 1.74. The number of nitrogens with zero attached hydrogens (tertiary/aromatic N) is 5. The van der Waals surface area contributed by atoms with E-state index >= 15 is 0 Å². The third-order valence-electron chi connectivity index (χ3n) is 3.01. The largest absolute Gasteiger partial charge is 0.382 e. The van der Waals surface area contributed by atoms with Gasteiger partial charge in [-0.25, -0.2) is 19.9 Å². The second-order valence-electron chi connectivity index (χ2n) is 4.69. The van der Waals surface area contributed by atoms with Crippen LogP contribution in [0, 0.1) is 11.8 Å². The van der Waals surface area contributed by atoms with Crippen LogP contribution in [0.25, 0.3) is 22.8 Å². The van der Waals surface area contributed by atoms with Crippen LogP contribution in [0.1, 0.15) is 32.0 Å². The predicted octanol–water partition coefficient (Wildman–Crippen LogP) is 1.93. The molecule has 0 aliphatic carbocycles. The van der Waals surface area contributed by atoms with Gasteiger partial charge in [-0.3, -0.25) is 0 Å². The molecule has 0 unspecified atom stereocenters. The Balaban J connectivity index is 1.98. The zero-order chi connectivity index (χ0) is 15.4. The molecule has 0 saturated carbocycles. The highest BCUT2D eigenvalue weighted by atomic mass is 15.1. The van der Waals surface area contributed by atoms with Crippen molar-refractivity contribution in [2.75, 3.05) is 5.73 Å². The van der Waals surface area contributed by atoms with Gasteiger partial charge in [-0.2, -0.15) is 4.98 Å². The van der Waals surface area contributed by atoms with E-state index in [-0.39, 0.29) is 0 Å². The highest BCUT2D eigenvalue weighted by Gasteiger charge is 2.12. The molecule has 3 aromatic heterocycles. The van der Waals surface area contributed by atoms with Crippen LogP contribution in [0.4, 0.5) is 5.82 Å². The van der Waals surface area contributed by atoms with Gasteiger partial charge in [0.2, 0.25) is 5.82 Å². The number of H-pyrrole nitrogens is 1. The minimum Gasteiger partial charge on any atom is -0.382 e. The van der Waals surface area contributed by atoms with Gasteiger partial charge < -0.3 is 10.7 Å². The number of nitrogens with one attached hydrogen (secondary N) is 1. The first-order valence-corrected chi connectivity index (χ1v) is 7.07. The lowest BCUT2D eigenvalue weighted by atomic mass is 10.2. The number of imidazole rings is 1. The molecule has 22 heavy (non-hydrogen) atoms. The Bertz CT molecular complexity index is 843. The average Bonchev–Trinajstić information content (AvgIpc) is 2.97. The Kier molecular flexibility index (Phi) is 3.92. The monoisotopic (exact) mass is 293 g/mol. The number of unbranched alkanes of at least 4 members (excludes halogenated alkanes) is 2. The van der Waals surface area contributed by atoms with Crippen LogP contribution >= 0.6 is 0 Å². The molecule has 0 saturated heterocycles. The maximum Gasteiger partial charge on any atom is 0.209 e. The summed E-state index contributed by atoms with van der Waals surface area (Å²) in [5, 5.41) is 0. The van der Waals surface area contributed by atoms with E-state index in [4.69, 9.17) is 5.73 Å². The van der Waals surface area contributed by atoms with Crippen molar-refractivity contribution < 1.29 is 0 Å². The highest BCUT2D eigenvalue weighted by molar-refractivity contribution is 5.84. The molecule has 0 amide bonds. The van der Waals surface area contributed by atoms with E-state index in [2.05, 4.69) is 48.7 Å². The summed E-state index contributed by atoms with van der Waals surface area (Å²) in [6.45, 7) is 2.12. The van der Waals surface area contributed by atoms with Crippen molar-refractivity contribution in [2.24, 2.45) is 0 Å². The van der Waals surface area contributed by atoms with Gasteiger partial charge >= 0.3 is 0 Å². The fourth-order valence-electron chi connectivity index (χ4n) is 1.91. The molecule has 0 aliphatic rings. The normalized spacial score (nSPS) is 10.4. The Labute approximate surface area is 127 Å². The first kappa shape index (κ1) is 13.9. The Morgan fingerprint density at radius 3 is 2.77 bits per heavy atom. The quantitative estimate of drug-likeness (QED) is 0.564. The molecular formula is C15H15N7. The van der Waals surface area contributed by atoms with E-state index in [1.165, 1.54) is 0 Å². The zero-order valence-corrected chi connectivity index (χ0v) is 12.2. The molecule has 0 radical (unpaired) electrons. The molecule has 3 rings (SSSR count). The lowest BCUT2D eigenvalue weighted by Gasteiger charge is -1.94. The minimum absolute atomic E-state index is 0.319. The van der Waals surface area contributed by atoms with Crippen molar-refractivity contribution in [3.8, 4) is 23.5 Å². The number of aromatic amines is 1. The topological polar surface area (TPSA) is 106 Å². The van der Waals surface area contributed by atoms with E-state index in [0.29, 0.717) is 34.5 Å². The van der Waals surface area contributed by atoms with Gasteiger partial charge in [0, 0.05) is 18.8 Å². The highest BCUT2D eigenvalue weighted by Crippen LogP contribution is 2.19. The number of fused-ring (bicyclic) bond motifs is 1. The summed E-state index contributed by atoms with van der Waals surface area (Å²) in [7, 11) is 0. The van der Waals surface area contributed by atoms with Crippen molar-refractivity contribution in [1.82, 2.24) is 29.9 Å². The van der Waals surface area contributed by atoms with Crippen molar-refractivity contribution >= 4 is 17.0 Å². The van der Waals surface area contributed by atoms with Gasteiger partial charge in [0.15, 0.2) is 23.1 Å². The first-order valence-electron chi connectivity index (χ1n) is 7.07. The summed E-state index contributed by atoms with van der Waals surface area (Å²) in [5.41, 5.74) is 6.99. The van der Waals surface area contributed by atoms with Crippen LogP contribution in [0.5, 0.6) is 0 Å². The Morgan fingerprint density at radius 2 is 2.00 bits per heavy atom. The van der Waals surface area contributed by atoms with Crippen molar-refractivity contribution in [3.63, 3.8) is 0 Å². The number of nitrogen functional groups attached to an aromatic ring is 1. The maximum atomic E-state index is 5.95. The number of hydrogen-bond donors (Lipinski definition) is 2. The van der Waals surface area contributed by atoms with Crippen molar-refractivity contribution in [1.29, 1.82) is 0 Å². The van der Waals surface area contributed by atoms with Crippen LogP contribution < -0.4 is 5.73 Å². The summed E-state index contributed by atoms with van der Waals surface area (Å²) in [6.07, 6.45) is 6.28. The molecule has 0 bridgehead atoms. The molecular weight excluding hydrogens is 278 g/mol. The lowest BCUT2D eigenvalue weighted by Crippen LogP contribution is -1.97. The van der Waals surface area contributed by atoms with Gasteiger partial charge in [-0.1, -0.05) is 19.3 Å². The summed E-state index contributed by atoms with van der Waals surface area (Å²) in [5.74, 6) is 7.65. The van der Waals surface area contributed by atoms with Crippen LogP contribution in [-0.2, 0) is 0 Å². The predicted molar refractivity (Wildman–Crippen MR) is 83.5 cm³/mol. The Hall–Kier alpha value is -3.01. The minimum atomic E-state index is 0.319. The summed E-state index contributed by atoms with van der Waals surface area (Å²) < 4.78 is 0. The van der Waals surface area contributed by atoms with E-state index in [1.54, 1.807) is 18.5 Å². The van der Waals surface area contributed by atoms with Crippen LogP contribution in [0.15, 0.2) is 18.5 Å². The summed E-state index contributed by atoms with van der Waals surface area (Å²) in [4.78, 5) is 24.2. The Morgan fingerprint density at radius 1 is 1.18 bits per heavy atom. The van der Waals surface area contributed by atoms with Crippen molar-refractivity contribution in [3.05, 3.63) is 24.3 Å². The number of hydrogen-bond acceptors (Lipinski definition) is 6. The maximum absolute atomic E-state index is 5.95. The third-order valence-corrected chi connectivity index (χ3v) is 3.01. The lowest BCUT2D eigenvalue weighted by molar-refractivity contribution is 0.828. The molecule has 7 nitrogen and oxygen atoms in total. The van der Waals surface area contributed by atoms with E-state index in [1.807, 2.05) is 0 Å². The smallest absolute Gasteiger partial charge is 0.209 e. The van der Waals surface area contributed by atoms with Crippen LogP contribution in [0.3, 0.4) is 0 Å². The second-order valence-corrected chi connectivity index (χ2v) is 4.69. The molecule has 7 heteroatoms. The first-order chi connectivity index (χ1) is 10.8. The molecule has 3 aromatic rings. The fourth-order valence-corrected chi connectivity index (χ4v) is 1.91. The standard InChI is InChI=1S/C15H15N7/c1-2-3-4-5-7-10-19-12(16)11-13(20-10)22-15(21-11)14-17-8-6-9-18-14/h6,8-9H,2-4H2,1H3,(H3,16,19,20,21,22). The van der Waals surface area contributed by atoms with Gasteiger partial charge in [-0.15, -0.1) is 0 Å². The SMILES string of the molecule is CCCCC#Cc1nc(N)c2[nH]c(-c3ncccn3)nc2n1. The van der Waals surface area contributed by atoms with E-state index in [0.717, 1.165) is 19.3 Å². The number of nitrogens with two attached hydrogens (primary N) is 1. The van der Waals surface area contributed by atoms with Gasteiger partial charge in [0.05, 0.1) is 0 Å². The molecule has 0 spiro atoms. The third kappa shape index (κ3) is 2.86. The van der Waals surface area contributed by atoms with Gasteiger partial charge in [0.1, 0.15) is 5.52 Å². The molecule has 0 aromatic carbocycles. The van der Waals surface area contributed by atoms with Crippen LogP contribution in [-0.4, -0.2) is 29.9 Å².